The summed E-state index contributed by atoms with van der Waals surface area (Å²) in [7, 11) is 1.52. The second kappa shape index (κ2) is 7.08. The van der Waals surface area contributed by atoms with Crippen LogP contribution in [-0.4, -0.2) is 24.8 Å². The van der Waals surface area contributed by atoms with Crippen LogP contribution in [0.25, 0.3) is 0 Å². The van der Waals surface area contributed by atoms with E-state index in [0.29, 0.717) is 17.1 Å². The van der Waals surface area contributed by atoms with Crippen LogP contribution in [0.5, 0.6) is 5.75 Å². The van der Waals surface area contributed by atoms with Crippen LogP contribution in [0.3, 0.4) is 0 Å². The van der Waals surface area contributed by atoms with E-state index in [1.165, 1.54) is 31.4 Å². The quantitative estimate of drug-likeness (QED) is 0.582. The molecule has 0 heterocycles. The number of carbonyl (C=O) groups excluding carboxylic acids is 3. The minimum atomic E-state index is -1.05. The Hall–Kier alpha value is -3.35. The minimum absolute atomic E-state index is 0.227. The van der Waals surface area contributed by atoms with E-state index in [1.807, 2.05) is 5.32 Å². The maximum atomic E-state index is 11.8. The number of hydrogen-bond acceptors (Lipinski definition) is 5. The standard InChI is InChI=1S/C16H15N3O4/c1-23-13-8-6-12(7-9-13)18-15(21)16(22)19-14(20)10-2-4-11(17)5-3-10/h2-9H,17H2,1H3,(H,18,21)(H,19,20,22). The van der Waals surface area contributed by atoms with Crippen LogP contribution in [0.2, 0.25) is 0 Å². The van der Waals surface area contributed by atoms with Gasteiger partial charge in [0.25, 0.3) is 5.91 Å². The molecule has 0 spiro atoms. The fraction of sp³-hybridized carbons (Fsp3) is 0.0625. The monoisotopic (exact) mass is 313 g/mol. The molecule has 4 N–H and O–H groups in total. The fourth-order valence-electron chi connectivity index (χ4n) is 1.73. The zero-order valence-corrected chi connectivity index (χ0v) is 12.3. The predicted molar refractivity (Wildman–Crippen MR) is 85.0 cm³/mol. The highest BCUT2D eigenvalue weighted by Gasteiger charge is 2.17. The predicted octanol–water partition coefficient (Wildman–Crippen LogP) is 1.17. The molecule has 2 aromatic carbocycles. The molecule has 0 bridgehead atoms. The van der Waals surface area contributed by atoms with Crippen molar-refractivity contribution in [2.24, 2.45) is 0 Å². The van der Waals surface area contributed by atoms with Crippen molar-refractivity contribution >= 4 is 29.1 Å². The molecule has 118 valence electrons. The Bertz CT molecular complexity index is 724. The van der Waals surface area contributed by atoms with Crippen LogP contribution in [0.15, 0.2) is 48.5 Å². The number of amides is 3. The molecular weight excluding hydrogens is 298 g/mol. The summed E-state index contributed by atoms with van der Waals surface area (Å²) in [5.41, 5.74) is 6.64. The van der Waals surface area contributed by atoms with Gasteiger partial charge in [0.05, 0.1) is 7.11 Å². The highest BCUT2D eigenvalue weighted by Crippen LogP contribution is 2.14. The third-order valence-electron chi connectivity index (χ3n) is 2.95. The van der Waals surface area contributed by atoms with E-state index < -0.39 is 17.7 Å². The van der Waals surface area contributed by atoms with Crippen LogP contribution in [0.1, 0.15) is 10.4 Å². The summed E-state index contributed by atoms with van der Waals surface area (Å²) in [6.45, 7) is 0. The maximum absolute atomic E-state index is 11.8. The number of carbonyl (C=O) groups is 3. The molecule has 0 aliphatic heterocycles. The van der Waals surface area contributed by atoms with Crippen LogP contribution in [-0.2, 0) is 9.59 Å². The van der Waals surface area contributed by atoms with Gasteiger partial charge in [-0.25, -0.2) is 0 Å². The van der Waals surface area contributed by atoms with Gasteiger partial charge in [-0.3, -0.25) is 19.7 Å². The van der Waals surface area contributed by atoms with Gasteiger partial charge >= 0.3 is 11.8 Å². The summed E-state index contributed by atoms with van der Waals surface area (Å²) in [5.74, 6) is -2.06. The zero-order chi connectivity index (χ0) is 16.8. The van der Waals surface area contributed by atoms with E-state index >= 15 is 0 Å². The highest BCUT2D eigenvalue weighted by atomic mass is 16.5. The number of rotatable bonds is 3. The summed E-state index contributed by atoms with van der Waals surface area (Å²) < 4.78 is 4.99. The molecule has 0 unspecified atom stereocenters. The number of nitrogens with two attached hydrogens (primary N) is 1. The lowest BCUT2D eigenvalue weighted by Gasteiger charge is -2.07. The van der Waals surface area contributed by atoms with Crippen molar-refractivity contribution in [1.29, 1.82) is 0 Å². The number of ether oxygens (including phenoxy) is 1. The number of hydrogen-bond donors (Lipinski definition) is 3. The Morgan fingerprint density at radius 3 is 2.09 bits per heavy atom. The first kappa shape index (κ1) is 16.0. The highest BCUT2D eigenvalue weighted by molar-refractivity contribution is 6.42. The summed E-state index contributed by atoms with van der Waals surface area (Å²) >= 11 is 0. The van der Waals surface area contributed by atoms with Crippen molar-refractivity contribution in [3.05, 3.63) is 54.1 Å². The summed E-state index contributed by atoms with van der Waals surface area (Å²) in [5, 5.41) is 4.38. The maximum Gasteiger partial charge on any atom is 0.316 e. The van der Waals surface area contributed by atoms with Crippen molar-refractivity contribution in [3.63, 3.8) is 0 Å². The zero-order valence-electron chi connectivity index (χ0n) is 12.3. The molecule has 0 radical (unpaired) electrons. The largest absolute Gasteiger partial charge is 0.497 e. The Morgan fingerprint density at radius 2 is 1.52 bits per heavy atom. The molecule has 2 rings (SSSR count). The van der Waals surface area contributed by atoms with Crippen molar-refractivity contribution in [2.75, 3.05) is 18.2 Å². The Kier molecular flexibility index (Phi) is 4.93. The van der Waals surface area contributed by atoms with Gasteiger partial charge in [-0.2, -0.15) is 0 Å². The van der Waals surface area contributed by atoms with Gasteiger partial charge < -0.3 is 15.8 Å². The van der Waals surface area contributed by atoms with Gasteiger partial charge in [0, 0.05) is 16.9 Å². The lowest BCUT2D eigenvalue weighted by molar-refractivity contribution is -0.135. The van der Waals surface area contributed by atoms with Crippen molar-refractivity contribution in [1.82, 2.24) is 5.32 Å². The molecule has 3 amide bonds. The molecule has 7 nitrogen and oxygen atoms in total. The molecule has 0 aromatic heterocycles. The van der Waals surface area contributed by atoms with E-state index in [0.717, 1.165) is 0 Å². The van der Waals surface area contributed by atoms with Crippen molar-refractivity contribution in [3.8, 4) is 5.75 Å². The molecule has 0 aliphatic carbocycles. The van der Waals surface area contributed by atoms with Crippen LogP contribution >= 0.6 is 0 Å². The van der Waals surface area contributed by atoms with Crippen molar-refractivity contribution < 1.29 is 19.1 Å². The lowest BCUT2D eigenvalue weighted by atomic mass is 10.2. The van der Waals surface area contributed by atoms with Gasteiger partial charge in [-0.1, -0.05) is 0 Å². The van der Waals surface area contributed by atoms with E-state index in [-0.39, 0.29) is 5.56 Å². The minimum Gasteiger partial charge on any atom is -0.497 e. The third kappa shape index (κ3) is 4.31. The molecule has 0 aliphatic rings. The fourth-order valence-corrected chi connectivity index (χ4v) is 1.73. The molecule has 0 saturated carbocycles. The lowest BCUT2D eigenvalue weighted by Crippen LogP contribution is -2.39. The van der Waals surface area contributed by atoms with E-state index in [1.54, 1.807) is 24.3 Å². The van der Waals surface area contributed by atoms with Gasteiger partial charge in [-0.05, 0) is 48.5 Å². The van der Waals surface area contributed by atoms with Crippen LogP contribution < -0.4 is 21.1 Å². The first-order chi connectivity index (χ1) is 11.0. The summed E-state index contributed by atoms with van der Waals surface area (Å²) in [6, 6.07) is 12.4. The Labute approximate surface area is 132 Å². The van der Waals surface area contributed by atoms with E-state index in [9.17, 15) is 14.4 Å². The number of benzene rings is 2. The second-order valence-electron chi connectivity index (χ2n) is 4.59. The summed E-state index contributed by atoms with van der Waals surface area (Å²) in [6.07, 6.45) is 0. The second-order valence-corrected chi connectivity index (χ2v) is 4.59. The number of anilines is 2. The molecular formula is C16H15N3O4. The van der Waals surface area contributed by atoms with Gasteiger partial charge in [-0.15, -0.1) is 0 Å². The average molecular weight is 313 g/mol. The Balaban J connectivity index is 1.95. The third-order valence-corrected chi connectivity index (χ3v) is 2.95. The van der Waals surface area contributed by atoms with E-state index in [2.05, 4.69) is 5.32 Å². The SMILES string of the molecule is COc1ccc(NC(=O)C(=O)NC(=O)c2ccc(N)cc2)cc1. The summed E-state index contributed by atoms with van der Waals surface area (Å²) in [4.78, 5) is 35.3. The molecule has 0 saturated heterocycles. The first-order valence-corrected chi connectivity index (χ1v) is 6.66. The normalized spacial score (nSPS) is 9.78. The number of methoxy groups -OCH3 is 1. The molecule has 0 fully saturated rings. The molecule has 7 heteroatoms. The van der Waals surface area contributed by atoms with Crippen LogP contribution in [0.4, 0.5) is 11.4 Å². The van der Waals surface area contributed by atoms with Crippen molar-refractivity contribution in [2.45, 2.75) is 0 Å². The van der Waals surface area contributed by atoms with Crippen LogP contribution in [0, 0.1) is 0 Å². The first-order valence-electron chi connectivity index (χ1n) is 6.66. The van der Waals surface area contributed by atoms with Gasteiger partial charge in [0.1, 0.15) is 5.75 Å². The Morgan fingerprint density at radius 1 is 0.913 bits per heavy atom. The molecule has 2 aromatic rings. The number of nitrogen functional groups attached to an aromatic ring is 1. The molecule has 0 atom stereocenters. The van der Waals surface area contributed by atoms with Gasteiger partial charge in [0.2, 0.25) is 0 Å². The number of nitrogens with one attached hydrogen (secondary N) is 2. The average Bonchev–Trinajstić information content (AvgIpc) is 2.56. The smallest absolute Gasteiger partial charge is 0.316 e. The topological polar surface area (TPSA) is 111 Å². The molecule has 23 heavy (non-hydrogen) atoms. The van der Waals surface area contributed by atoms with Gasteiger partial charge in [0.15, 0.2) is 0 Å². The number of imide groups is 1. The van der Waals surface area contributed by atoms with E-state index in [4.69, 9.17) is 10.5 Å².